The maximum atomic E-state index is 12.7. The van der Waals surface area contributed by atoms with Crippen LogP contribution in [0.5, 0.6) is 0 Å². The van der Waals surface area contributed by atoms with E-state index in [9.17, 15) is 13.2 Å². The Kier molecular flexibility index (Phi) is 4.99. The molecule has 1 aromatic carbocycles. The van der Waals surface area contributed by atoms with Crippen LogP contribution in [-0.2, 0) is 23.0 Å². The van der Waals surface area contributed by atoms with Gasteiger partial charge in [0.25, 0.3) is 0 Å². The van der Waals surface area contributed by atoms with E-state index in [2.05, 4.69) is 21.7 Å². The van der Waals surface area contributed by atoms with Crippen LogP contribution in [0.4, 0.5) is 5.69 Å². The summed E-state index contributed by atoms with van der Waals surface area (Å²) in [6.45, 7) is 4.75. The highest BCUT2D eigenvalue weighted by molar-refractivity contribution is 7.99. The zero-order valence-electron chi connectivity index (χ0n) is 16.3. The maximum absolute atomic E-state index is 12.7. The number of rotatable bonds is 7. The van der Waals surface area contributed by atoms with E-state index in [4.69, 9.17) is 0 Å². The van der Waals surface area contributed by atoms with E-state index >= 15 is 0 Å². The fraction of sp³-hybridized carbons (Fsp3) is 0.526. The Hall–Kier alpha value is -1.87. The first kappa shape index (κ1) is 19.4. The van der Waals surface area contributed by atoms with Crippen molar-refractivity contribution in [2.45, 2.75) is 56.8 Å². The molecule has 0 spiro atoms. The summed E-state index contributed by atoms with van der Waals surface area (Å²) in [5, 5.41) is 9.36. The molecule has 7 nitrogen and oxygen atoms in total. The van der Waals surface area contributed by atoms with Gasteiger partial charge in [0.05, 0.1) is 17.7 Å². The van der Waals surface area contributed by atoms with Crippen LogP contribution >= 0.6 is 11.8 Å². The molecule has 1 atom stereocenters. The van der Waals surface area contributed by atoms with E-state index in [1.807, 2.05) is 13.0 Å². The van der Waals surface area contributed by atoms with E-state index < -0.39 is 10.0 Å². The molecular weight excluding hydrogens is 396 g/mol. The van der Waals surface area contributed by atoms with Crippen molar-refractivity contribution in [1.29, 1.82) is 0 Å². The molecule has 0 unspecified atom stereocenters. The molecule has 0 saturated heterocycles. The lowest BCUT2D eigenvalue weighted by molar-refractivity contribution is 0.102. The molecular formula is C19H24N4O3S2. The van der Waals surface area contributed by atoms with Crippen molar-refractivity contribution in [2.24, 2.45) is 0 Å². The van der Waals surface area contributed by atoms with Crippen LogP contribution < -0.4 is 4.31 Å². The highest BCUT2D eigenvalue weighted by Crippen LogP contribution is 2.40. The van der Waals surface area contributed by atoms with Crippen LogP contribution in [0.3, 0.4) is 0 Å². The first-order valence-corrected chi connectivity index (χ1v) is 12.3. The summed E-state index contributed by atoms with van der Waals surface area (Å²) in [5.74, 6) is 1.85. The Morgan fingerprint density at radius 1 is 1.29 bits per heavy atom. The molecule has 2 aromatic rings. The molecule has 1 aliphatic carbocycles. The number of thioether (sulfide) groups is 1. The molecule has 28 heavy (non-hydrogen) atoms. The van der Waals surface area contributed by atoms with Gasteiger partial charge in [-0.2, -0.15) is 0 Å². The highest BCUT2D eigenvalue weighted by atomic mass is 32.2. The normalized spacial score (nSPS) is 19.1. The van der Waals surface area contributed by atoms with Crippen molar-refractivity contribution < 1.29 is 13.2 Å². The molecule has 9 heteroatoms. The number of Topliss-reactive ketones (excluding diaryl/α,β-unsaturated/α-hetero) is 1. The number of sulfonamides is 1. The van der Waals surface area contributed by atoms with Crippen LogP contribution in [0, 0.1) is 0 Å². The average Bonchev–Trinajstić information content (AvgIpc) is 3.30. The van der Waals surface area contributed by atoms with Crippen molar-refractivity contribution in [1.82, 2.24) is 14.8 Å². The molecule has 0 radical (unpaired) electrons. The van der Waals surface area contributed by atoms with Gasteiger partial charge in [-0.05, 0) is 56.9 Å². The number of benzene rings is 1. The number of hydrogen-bond acceptors (Lipinski definition) is 6. The average molecular weight is 421 g/mol. The largest absolute Gasteiger partial charge is 0.306 e. The number of nitrogens with zero attached hydrogens (tertiary/aromatic N) is 4. The van der Waals surface area contributed by atoms with Crippen LogP contribution in [0.15, 0.2) is 23.4 Å². The first-order valence-electron chi connectivity index (χ1n) is 9.51. The first-order chi connectivity index (χ1) is 13.3. The molecule has 2 aliphatic rings. The number of carbonyl (C=O) groups is 1. The van der Waals surface area contributed by atoms with Gasteiger partial charge in [0.15, 0.2) is 10.9 Å². The monoisotopic (exact) mass is 420 g/mol. The molecule has 2 heterocycles. The Balaban J connectivity index is 1.49. The zero-order valence-corrected chi connectivity index (χ0v) is 17.9. The second-order valence-corrected chi connectivity index (χ2v) is 10.3. The van der Waals surface area contributed by atoms with Gasteiger partial charge in [-0.1, -0.05) is 11.8 Å². The lowest BCUT2D eigenvalue weighted by Gasteiger charge is -2.21. The topological polar surface area (TPSA) is 85.2 Å². The molecule has 1 fully saturated rings. The van der Waals surface area contributed by atoms with Gasteiger partial charge in [0.2, 0.25) is 10.0 Å². The van der Waals surface area contributed by atoms with Gasteiger partial charge in [-0.3, -0.25) is 9.10 Å². The van der Waals surface area contributed by atoms with Gasteiger partial charge in [-0.25, -0.2) is 8.42 Å². The number of anilines is 1. The minimum atomic E-state index is -3.33. The second kappa shape index (κ2) is 7.18. The summed E-state index contributed by atoms with van der Waals surface area (Å²) < 4.78 is 27.6. The van der Waals surface area contributed by atoms with Gasteiger partial charge in [0.1, 0.15) is 5.82 Å². The number of fused-ring (bicyclic) bond motifs is 1. The minimum absolute atomic E-state index is 0.0110. The summed E-state index contributed by atoms with van der Waals surface area (Å²) in [4.78, 5) is 12.7. The fourth-order valence-corrected chi connectivity index (χ4v) is 6.01. The van der Waals surface area contributed by atoms with Crippen LogP contribution in [0.2, 0.25) is 0 Å². The summed E-state index contributed by atoms with van der Waals surface area (Å²) in [6, 6.07) is 5.17. The molecule has 1 aliphatic heterocycles. The van der Waals surface area contributed by atoms with Crippen molar-refractivity contribution >= 4 is 33.3 Å². The Morgan fingerprint density at radius 2 is 2.04 bits per heavy atom. The number of aromatic nitrogens is 3. The van der Waals surface area contributed by atoms with Crippen molar-refractivity contribution in [3.8, 4) is 0 Å². The lowest BCUT2D eigenvalue weighted by atomic mass is 10.0. The number of ketones is 1. The maximum Gasteiger partial charge on any atom is 0.232 e. The standard InChI is InChI=1S/C19H24N4O3S2/c1-4-22-18(13-5-6-13)20-21-19(22)27-11-17(24)14-7-8-16-15(10-14)9-12(2)23(16)28(3,25)26/h7-8,10,12-13H,4-6,9,11H2,1-3H3/t12-/m0/s1. The number of carbonyl (C=O) groups excluding carboxylic acids is 1. The minimum Gasteiger partial charge on any atom is -0.306 e. The second-order valence-electron chi connectivity index (χ2n) is 7.53. The summed E-state index contributed by atoms with van der Waals surface area (Å²) in [6.07, 6.45) is 4.17. The van der Waals surface area contributed by atoms with Gasteiger partial charge in [-0.15, -0.1) is 10.2 Å². The fourth-order valence-electron chi connectivity index (χ4n) is 3.84. The lowest BCUT2D eigenvalue weighted by Crippen LogP contribution is -2.34. The third-order valence-electron chi connectivity index (χ3n) is 5.25. The van der Waals surface area contributed by atoms with Crippen LogP contribution in [0.1, 0.15) is 54.4 Å². The SMILES string of the molecule is CCn1c(SCC(=O)c2ccc3c(c2)C[C@H](C)N3S(C)(=O)=O)nnc1C1CC1. The predicted octanol–water partition coefficient (Wildman–Crippen LogP) is 2.86. The van der Waals surface area contributed by atoms with E-state index in [1.54, 1.807) is 12.1 Å². The van der Waals surface area contributed by atoms with E-state index in [0.29, 0.717) is 23.6 Å². The Morgan fingerprint density at radius 3 is 2.68 bits per heavy atom. The quantitative estimate of drug-likeness (QED) is 0.506. The van der Waals surface area contributed by atoms with Crippen molar-refractivity contribution in [3.63, 3.8) is 0 Å². The molecule has 0 bridgehead atoms. The molecule has 150 valence electrons. The van der Waals surface area contributed by atoms with E-state index in [0.717, 1.165) is 23.1 Å². The predicted molar refractivity (Wildman–Crippen MR) is 110 cm³/mol. The molecule has 1 saturated carbocycles. The van der Waals surface area contributed by atoms with Crippen LogP contribution in [-0.4, -0.2) is 47.0 Å². The zero-order chi connectivity index (χ0) is 20.1. The van der Waals surface area contributed by atoms with Gasteiger partial charge >= 0.3 is 0 Å². The third-order valence-corrected chi connectivity index (χ3v) is 7.49. The van der Waals surface area contributed by atoms with Crippen molar-refractivity contribution in [2.75, 3.05) is 16.3 Å². The molecule has 4 rings (SSSR count). The van der Waals surface area contributed by atoms with Crippen LogP contribution in [0.25, 0.3) is 0 Å². The van der Waals surface area contributed by atoms with Gasteiger partial charge < -0.3 is 4.57 Å². The smallest absolute Gasteiger partial charge is 0.232 e. The Bertz CT molecular complexity index is 1030. The summed E-state index contributed by atoms with van der Waals surface area (Å²) >= 11 is 1.41. The molecule has 0 N–H and O–H groups in total. The van der Waals surface area contributed by atoms with E-state index in [-0.39, 0.29) is 17.6 Å². The Labute approximate surface area is 169 Å². The van der Waals surface area contributed by atoms with Gasteiger partial charge in [0, 0.05) is 24.1 Å². The molecule has 1 aromatic heterocycles. The highest BCUT2D eigenvalue weighted by Gasteiger charge is 2.33. The summed E-state index contributed by atoms with van der Waals surface area (Å²) in [5.41, 5.74) is 2.19. The van der Waals surface area contributed by atoms with Crippen molar-refractivity contribution in [3.05, 3.63) is 35.2 Å². The third kappa shape index (κ3) is 3.57. The van der Waals surface area contributed by atoms with E-state index in [1.165, 1.54) is 35.2 Å². The summed E-state index contributed by atoms with van der Waals surface area (Å²) in [7, 11) is -3.33. The molecule has 0 amide bonds. The number of hydrogen-bond donors (Lipinski definition) is 0.